The third-order valence-electron chi connectivity index (χ3n) is 3.04. The van der Waals surface area contributed by atoms with Crippen LogP contribution in [0, 0.1) is 0 Å². The van der Waals surface area contributed by atoms with E-state index in [1.807, 2.05) is 10.7 Å². The van der Waals surface area contributed by atoms with Crippen molar-refractivity contribution >= 4 is 29.7 Å². The molecule has 14 nitrogen and oxygen atoms in total. The number of hydrogen-bond donors (Lipinski definition) is 9. The van der Waals surface area contributed by atoms with Crippen molar-refractivity contribution in [3.63, 3.8) is 0 Å². The smallest absolute Gasteiger partial charge is 0.323 e. The van der Waals surface area contributed by atoms with Crippen LogP contribution < -0.4 is 38.7 Å². The molecule has 12 N–H and O–H groups in total. The molecule has 0 radical (unpaired) electrons. The predicted molar refractivity (Wildman–Crippen MR) is 102 cm³/mol. The largest absolute Gasteiger partial charge is 0.480 e. The van der Waals surface area contributed by atoms with Crippen LogP contribution in [0.2, 0.25) is 0 Å². The summed E-state index contributed by atoms with van der Waals surface area (Å²) in [4.78, 5) is 56.6. The second kappa shape index (κ2) is 17.2. The molecule has 2 unspecified atom stereocenters. The molecule has 14 heteroatoms. The van der Waals surface area contributed by atoms with E-state index in [9.17, 15) is 24.0 Å². The number of hydrazine groups is 1. The highest BCUT2D eigenvalue weighted by atomic mass is 16.4. The molecular formula is C15H31N7O7. The van der Waals surface area contributed by atoms with Crippen molar-refractivity contribution in [2.75, 3.05) is 19.7 Å². The van der Waals surface area contributed by atoms with Crippen LogP contribution in [-0.2, 0) is 19.2 Å². The van der Waals surface area contributed by atoms with Crippen LogP contribution in [0.5, 0.6) is 0 Å². The predicted octanol–water partition coefficient (Wildman–Crippen LogP) is -3.78. The van der Waals surface area contributed by atoms with Crippen LogP contribution in [-0.4, -0.2) is 71.7 Å². The number of primary amides is 1. The molecule has 0 spiro atoms. The first-order valence-electron chi connectivity index (χ1n) is 8.79. The summed E-state index contributed by atoms with van der Waals surface area (Å²) in [6.45, 7) is 1.71. The van der Waals surface area contributed by atoms with Gasteiger partial charge in [0, 0.05) is 6.61 Å². The van der Waals surface area contributed by atoms with E-state index in [1.165, 1.54) is 0 Å². The molecule has 0 saturated heterocycles. The van der Waals surface area contributed by atoms with Crippen LogP contribution in [0.4, 0.5) is 4.79 Å². The van der Waals surface area contributed by atoms with Crippen LogP contribution in [0.1, 0.15) is 32.6 Å². The molecule has 0 rings (SSSR count). The summed E-state index contributed by atoms with van der Waals surface area (Å²) in [7, 11) is 0. The zero-order valence-electron chi connectivity index (χ0n) is 16.3. The molecule has 0 aliphatic heterocycles. The van der Waals surface area contributed by atoms with Crippen molar-refractivity contribution in [2.45, 2.75) is 44.7 Å². The average molecular weight is 421 g/mol. The quantitative estimate of drug-likeness (QED) is 0.117. The van der Waals surface area contributed by atoms with Gasteiger partial charge in [0.1, 0.15) is 12.6 Å². The molecule has 29 heavy (non-hydrogen) atoms. The third kappa shape index (κ3) is 16.9. The van der Waals surface area contributed by atoms with E-state index in [0.29, 0.717) is 25.8 Å². The number of hydrogen-bond acceptors (Lipinski definition) is 8. The Hall–Kier alpha value is -2.97. The van der Waals surface area contributed by atoms with Crippen LogP contribution in [0.15, 0.2) is 0 Å². The maximum Gasteiger partial charge on any atom is 0.323 e. The second-order valence-corrected chi connectivity index (χ2v) is 5.63. The number of carbonyl (C=O) groups excluding carboxylic acids is 4. The molecule has 2 atom stereocenters. The van der Waals surface area contributed by atoms with Crippen LogP contribution in [0.3, 0.4) is 0 Å². The highest BCUT2D eigenvalue weighted by Crippen LogP contribution is 1.97. The molecular weight excluding hydrogens is 390 g/mol. The number of aliphatic hydroxyl groups is 1. The minimum Gasteiger partial charge on any atom is -0.480 e. The monoisotopic (exact) mass is 421 g/mol. The van der Waals surface area contributed by atoms with Gasteiger partial charge in [-0.25, -0.2) is 4.79 Å². The van der Waals surface area contributed by atoms with Crippen molar-refractivity contribution in [3.8, 4) is 0 Å². The SMILES string of the molecule is CCO.NCCCCC(N)C(=O)NNC(=O)C(CC(N)=O)NC(=O)NCC(=O)O. The first kappa shape index (κ1) is 28.2. The summed E-state index contributed by atoms with van der Waals surface area (Å²) in [5.41, 5.74) is 20.1. The molecule has 0 aliphatic rings. The summed E-state index contributed by atoms with van der Waals surface area (Å²) in [6.07, 6.45) is 1.13. The summed E-state index contributed by atoms with van der Waals surface area (Å²) in [6, 6.07) is -3.29. The van der Waals surface area contributed by atoms with Crippen LogP contribution in [0.25, 0.3) is 0 Å². The van der Waals surface area contributed by atoms with E-state index < -0.39 is 54.8 Å². The summed E-state index contributed by atoms with van der Waals surface area (Å²) < 4.78 is 0. The van der Waals surface area contributed by atoms with Gasteiger partial charge in [0.15, 0.2) is 0 Å². The molecule has 0 heterocycles. The zero-order chi connectivity index (χ0) is 22.8. The number of rotatable bonds is 11. The first-order chi connectivity index (χ1) is 13.6. The van der Waals surface area contributed by atoms with E-state index in [4.69, 9.17) is 27.4 Å². The van der Waals surface area contributed by atoms with Gasteiger partial charge in [0.25, 0.3) is 11.8 Å². The highest BCUT2D eigenvalue weighted by molar-refractivity contribution is 5.93. The summed E-state index contributed by atoms with van der Waals surface area (Å²) in [5.74, 6) is -3.79. The van der Waals surface area contributed by atoms with E-state index in [1.54, 1.807) is 6.92 Å². The number of carbonyl (C=O) groups is 5. The number of urea groups is 1. The number of unbranched alkanes of at least 4 members (excludes halogenated alkanes) is 1. The Morgan fingerprint density at radius 3 is 2.07 bits per heavy atom. The summed E-state index contributed by atoms with van der Waals surface area (Å²) in [5, 5.41) is 20.1. The number of nitrogens with one attached hydrogen (secondary N) is 4. The normalized spacial score (nSPS) is 11.7. The Bertz CT molecular complexity index is 545. The lowest BCUT2D eigenvalue weighted by Crippen LogP contribution is -2.57. The van der Waals surface area contributed by atoms with Gasteiger partial charge in [0.05, 0.1) is 12.5 Å². The fraction of sp³-hybridized carbons (Fsp3) is 0.667. The Kier molecular flexibility index (Phi) is 16.7. The van der Waals surface area contributed by atoms with Gasteiger partial charge in [-0.1, -0.05) is 6.42 Å². The molecule has 0 aromatic carbocycles. The number of aliphatic hydroxyl groups excluding tert-OH is 1. The number of aliphatic carboxylic acids is 1. The Morgan fingerprint density at radius 1 is 1.03 bits per heavy atom. The van der Waals surface area contributed by atoms with Gasteiger partial charge in [0.2, 0.25) is 5.91 Å². The molecule has 0 aliphatic carbocycles. The van der Waals surface area contributed by atoms with Gasteiger partial charge >= 0.3 is 12.0 Å². The van der Waals surface area contributed by atoms with Gasteiger partial charge in [-0.05, 0) is 26.3 Å². The van der Waals surface area contributed by atoms with Crippen LogP contribution >= 0.6 is 0 Å². The average Bonchev–Trinajstić information content (AvgIpc) is 2.64. The summed E-state index contributed by atoms with van der Waals surface area (Å²) >= 11 is 0. The molecule has 0 aromatic heterocycles. The molecule has 0 fully saturated rings. The van der Waals surface area contributed by atoms with Gasteiger partial charge in [-0.3, -0.25) is 30.0 Å². The lowest BCUT2D eigenvalue weighted by Gasteiger charge is -2.18. The van der Waals surface area contributed by atoms with Crippen molar-refractivity contribution in [2.24, 2.45) is 17.2 Å². The fourth-order valence-electron chi connectivity index (χ4n) is 1.72. The molecule has 0 bridgehead atoms. The van der Waals surface area contributed by atoms with Crippen molar-refractivity contribution in [3.05, 3.63) is 0 Å². The van der Waals surface area contributed by atoms with Crippen molar-refractivity contribution in [1.82, 2.24) is 21.5 Å². The fourth-order valence-corrected chi connectivity index (χ4v) is 1.72. The Labute approximate surface area is 167 Å². The van der Waals surface area contributed by atoms with E-state index in [0.717, 1.165) is 0 Å². The lowest BCUT2D eigenvalue weighted by molar-refractivity contribution is -0.135. The van der Waals surface area contributed by atoms with Crippen molar-refractivity contribution < 1.29 is 34.2 Å². The Balaban J connectivity index is 0. The molecule has 168 valence electrons. The highest BCUT2D eigenvalue weighted by Gasteiger charge is 2.24. The minimum absolute atomic E-state index is 0.250. The third-order valence-corrected chi connectivity index (χ3v) is 3.04. The zero-order valence-corrected chi connectivity index (χ0v) is 16.3. The number of carboxylic acid groups (broad SMARTS) is 1. The second-order valence-electron chi connectivity index (χ2n) is 5.63. The standard InChI is InChI=1S/C13H25N7O6.C2H6O/c14-4-2-1-3-7(15)11(24)19-20-12(25)8(5-9(16)21)18-13(26)17-6-10(22)23;1-2-3/h7-8H,1-6,14-15H2,(H2,16,21)(H,19,24)(H,20,25)(H,22,23)(H2,17,18,26);3H,2H2,1H3. The number of amides is 5. The maximum atomic E-state index is 12.0. The minimum atomic E-state index is -1.42. The van der Waals surface area contributed by atoms with E-state index in [-0.39, 0.29) is 6.61 Å². The van der Waals surface area contributed by atoms with E-state index in [2.05, 4.69) is 10.7 Å². The Morgan fingerprint density at radius 2 is 1.59 bits per heavy atom. The molecule has 0 saturated carbocycles. The van der Waals surface area contributed by atoms with Gasteiger partial charge in [-0.15, -0.1) is 0 Å². The molecule has 5 amide bonds. The van der Waals surface area contributed by atoms with Crippen molar-refractivity contribution in [1.29, 1.82) is 0 Å². The lowest BCUT2D eigenvalue weighted by atomic mass is 10.1. The first-order valence-corrected chi connectivity index (χ1v) is 8.79. The van der Waals surface area contributed by atoms with Gasteiger partial charge in [-0.2, -0.15) is 0 Å². The van der Waals surface area contributed by atoms with E-state index >= 15 is 0 Å². The van der Waals surface area contributed by atoms with Gasteiger partial charge < -0.3 is 38.0 Å². The number of carboxylic acids is 1. The molecule has 0 aromatic rings. The number of nitrogens with two attached hydrogens (primary N) is 3. The maximum absolute atomic E-state index is 12.0. The topological polar surface area (TPSA) is 252 Å².